The molecule has 4 aliphatic heterocycles. The molecule has 2 aromatic heterocycles. The SMILES string of the molecule is CCCCc1ccc2c(c1)c1cc(C)cc3c1n2-c1cc(-c2ccccc2)cc2c1B3c1cc3c(cc1N2c1ccc(I)cc1)Oc1cc(-c2ccccc2)cc2c1B3c1c(C)ccc3c4cc(CCCC)ccc4n-2c13. The first-order chi connectivity index (χ1) is 37.8. The zero-order valence-electron chi connectivity index (χ0n) is 43.8. The number of anilines is 3. The Morgan fingerprint density at radius 2 is 1.06 bits per heavy atom. The summed E-state index contributed by atoms with van der Waals surface area (Å²) in [7, 11) is 0. The maximum atomic E-state index is 7.61. The Balaban J connectivity index is 1.02. The number of rotatable bonds is 9. The molecule has 77 heavy (non-hydrogen) atoms. The van der Waals surface area contributed by atoms with E-state index < -0.39 is 0 Å². The van der Waals surface area contributed by atoms with Gasteiger partial charge in [-0.05, 0) is 207 Å². The summed E-state index contributed by atoms with van der Waals surface area (Å²) in [6.45, 7) is 9.10. The molecule has 4 nitrogen and oxygen atoms in total. The van der Waals surface area contributed by atoms with E-state index in [0.29, 0.717) is 0 Å². The van der Waals surface area contributed by atoms with E-state index in [1.54, 1.807) is 0 Å². The predicted octanol–water partition coefficient (Wildman–Crippen LogP) is 14.7. The number of ether oxygens (including phenoxy) is 1. The van der Waals surface area contributed by atoms with E-state index in [0.717, 1.165) is 41.3 Å². The summed E-state index contributed by atoms with van der Waals surface area (Å²) in [5.74, 6) is 1.84. The van der Waals surface area contributed by atoms with Crippen LogP contribution in [0.15, 0.2) is 182 Å². The third kappa shape index (κ3) is 6.59. The normalized spacial score (nSPS) is 13.3. The Morgan fingerprint density at radius 1 is 0.442 bits per heavy atom. The van der Waals surface area contributed by atoms with Gasteiger partial charge in [0.2, 0.25) is 0 Å². The minimum absolute atomic E-state index is 0.0567. The van der Waals surface area contributed by atoms with E-state index in [1.807, 2.05) is 0 Å². The molecule has 368 valence electrons. The third-order valence-electron chi connectivity index (χ3n) is 17.7. The maximum absolute atomic E-state index is 7.61. The number of nitrogens with zero attached hydrogens (tertiary/aromatic N) is 3. The number of hydrogen-bond acceptors (Lipinski definition) is 2. The number of unbranched alkanes of at least 4 members (excludes halogenated alkanes) is 2. The second-order valence-corrected chi connectivity index (χ2v) is 23.6. The highest BCUT2D eigenvalue weighted by atomic mass is 127. The van der Waals surface area contributed by atoms with Gasteiger partial charge < -0.3 is 18.8 Å². The molecule has 7 heteroatoms. The molecule has 10 aromatic carbocycles. The van der Waals surface area contributed by atoms with Crippen molar-refractivity contribution in [3.63, 3.8) is 0 Å². The highest BCUT2D eigenvalue weighted by molar-refractivity contribution is 14.1. The van der Waals surface area contributed by atoms with E-state index >= 15 is 0 Å². The first-order valence-electron chi connectivity index (χ1n) is 27.9. The van der Waals surface area contributed by atoms with Crippen molar-refractivity contribution in [1.29, 1.82) is 0 Å². The average molecular weight is 1100 g/mol. The van der Waals surface area contributed by atoms with Crippen molar-refractivity contribution in [1.82, 2.24) is 9.13 Å². The lowest BCUT2D eigenvalue weighted by Gasteiger charge is -2.42. The summed E-state index contributed by atoms with van der Waals surface area (Å²) in [4.78, 5) is 2.56. The molecular formula is C70H54B2IN3O. The number of aromatic nitrogens is 2. The summed E-state index contributed by atoms with van der Waals surface area (Å²) < 4.78 is 14.0. The molecule has 4 aliphatic rings. The van der Waals surface area contributed by atoms with Crippen LogP contribution < -0.4 is 42.4 Å². The average Bonchev–Trinajstić information content (AvgIpc) is 4.06. The lowest BCUT2D eigenvalue weighted by atomic mass is 9.30. The van der Waals surface area contributed by atoms with Crippen LogP contribution in [0.4, 0.5) is 17.1 Å². The summed E-state index contributed by atoms with van der Waals surface area (Å²) in [5.41, 5.74) is 29.1. The van der Waals surface area contributed by atoms with E-state index in [1.165, 1.54) is 162 Å². The first kappa shape index (κ1) is 45.5. The van der Waals surface area contributed by atoms with Crippen LogP contribution >= 0.6 is 22.6 Å². The molecule has 0 amide bonds. The molecule has 0 spiro atoms. The van der Waals surface area contributed by atoms with E-state index in [4.69, 9.17) is 4.74 Å². The van der Waals surface area contributed by atoms with Crippen molar-refractivity contribution in [2.24, 2.45) is 0 Å². The Kier molecular flexibility index (Phi) is 10.1. The second-order valence-electron chi connectivity index (χ2n) is 22.3. The number of benzene rings is 10. The zero-order valence-corrected chi connectivity index (χ0v) is 46.0. The minimum Gasteiger partial charge on any atom is -0.458 e. The molecule has 0 aliphatic carbocycles. The summed E-state index contributed by atoms with van der Waals surface area (Å²) in [6, 6.07) is 70.0. The Bertz CT molecular complexity index is 4500. The van der Waals surface area contributed by atoms with Gasteiger partial charge >= 0.3 is 0 Å². The molecule has 16 rings (SSSR count). The van der Waals surface area contributed by atoms with Crippen LogP contribution in [0.5, 0.6) is 11.5 Å². The van der Waals surface area contributed by atoms with E-state index in [-0.39, 0.29) is 13.4 Å². The third-order valence-corrected chi connectivity index (χ3v) is 18.4. The van der Waals surface area contributed by atoms with Crippen molar-refractivity contribution in [2.45, 2.75) is 66.2 Å². The van der Waals surface area contributed by atoms with Crippen molar-refractivity contribution in [2.75, 3.05) is 4.90 Å². The van der Waals surface area contributed by atoms with Crippen LogP contribution in [0.25, 0.3) is 77.2 Å². The van der Waals surface area contributed by atoms with Gasteiger partial charge in [-0.1, -0.05) is 135 Å². The van der Waals surface area contributed by atoms with Gasteiger partial charge in [0.1, 0.15) is 11.5 Å². The Morgan fingerprint density at radius 3 is 1.74 bits per heavy atom. The highest BCUT2D eigenvalue weighted by Crippen LogP contribution is 2.47. The van der Waals surface area contributed by atoms with Crippen molar-refractivity contribution < 1.29 is 4.74 Å². The first-order valence-corrected chi connectivity index (χ1v) is 28.9. The summed E-state index contributed by atoms with van der Waals surface area (Å²) in [6.07, 6.45) is 6.88. The van der Waals surface area contributed by atoms with Gasteiger partial charge in [-0.15, -0.1) is 0 Å². The molecule has 0 unspecified atom stereocenters. The number of aryl methyl sites for hydroxylation is 4. The molecule has 0 fully saturated rings. The summed E-state index contributed by atoms with van der Waals surface area (Å²) >= 11 is 2.45. The zero-order chi connectivity index (χ0) is 51.4. The van der Waals surface area contributed by atoms with Crippen molar-refractivity contribution in [3.8, 4) is 45.1 Å². The van der Waals surface area contributed by atoms with Gasteiger partial charge in [-0.25, -0.2) is 0 Å². The predicted molar refractivity (Wildman–Crippen MR) is 336 cm³/mol. The molecule has 6 heterocycles. The topological polar surface area (TPSA) is 22.3 Å². The number of fused-ring (bicyclic) bond motifs is 14. The van der Waals surface area contributed by atoms with E-state index in [2.05, 4.69) is 246 Å². The highest BCUT2D eigenvalue weighted by Gasteiger charge is 2.47. The number of hydrogen-bond donors (Lipinski definition) is 0. The number of halogens is 1. The molecule has 0 saturated carbocycles. The van der Waals surface area contributed by atoms with Crippen LogP contribution in [0, 0.1) is 17.4 Å². The smallest absolute Gasteiger partial charge is 0.256 e. The molecule has 0 N–H and O–H groups in total. The van der Waals surface area contributed by atoms with Crippen molar-refractivity contribution in [3.05, 3.63) is 208 Å². The van der Waals surface area contributed by atoms with Crippen LogP contribution in [-0.2, 0) is 12.8 Å². The fraction of sp³-hybridized carbons (Fsp3) is 0.143. The van der Waals surface area contributed by atoms with Crippen LogP contribution in [0.3, 0.4) is 0 Å². The monoisotopic (exact) mass is 1100 g/mol. The lowest BCUT2D eigenvalue weighted by Crippen LogP contribution is -2.64. The molecule has 12 aromatic rings. The lowest BCUT2D eigenvalue weighted by molar-refractivity contribution is 0.487. The molecule has 0 bridgehead atoms. The van der Waals surface area contributed by atoms with Gasteiger partial charge in [0, 0.05) is 70.7 Å². The second kappa shape index (κ2) is 17.1. The van der Waals surface area contributed by atoms with E-state index in [9.17, 15) is 0 Å². The van der Waals surface area contributed by atoms with Gasteiger partial charge in [0.15, 0.2) is 0 Å². The molecule has 0 saturated heterocycles. The molecule has 0 atom stereocenters. The maximum Gasteiger partial charge on any atom is 0.256 e. The largest absolute Gasteiger partial charge is 0.458 e. The quantitative estimate of drug-likeness (QED) is 0.106. The summed E-state index contributed by atoms with van der Waals surface area (Å²) in [5, 5.41) is 5.31. The standard InChI is InChI=1S/C70H54B2IN3O/c1-5-7-15-43-22-29-58-52(33-43)51-28-21-42(4)66-70(51)76(58)63-37-48(46-19-13-10-14-20-46)38-65-68(63)72(66)56-39-55-60(40-64(56)77-65)74(50-26-24-49(73)25-27-50)61-35-47(45-17-11-9-12-18-45)36-62-67(61)71(55)57-32-41(3)31-54-53-34-44(16-8-6-2)23-30-59(53)75(62)69(54)57/h9-14,17-40H,5-8,15-16H2,1-4H3. The fourth-order valence-corrected chi connectivity index (χ4v) is 14.6. The van der Waals surface area contributed by atoms with Gasteiger partial charge in [-0.2, -0.15) is 0 Å². The van der Waals surface area contributed by atoms with Crippen molar-refractivity contribution >= 4 is 129 Å². The van der Waals surface area contributed by atoms with Gasteiger partial charge in [-0.3, -0.25) is 0 Å². The molecular weight excluding hydrogens is 1050 g/mol. The fourth-order valence-electron chi connectivity index (χ4n) is 14.3. The van der Waals surface area contributed by atoms with Gasteiger partial charge in [0.05, 0.1) is 11.0 Å². The minimum atomic E-state index is -0.0684. The van der Waals surface area contributed by atoms with Crippen LogP contribution in [-0.4, -0.2) is 22.6 Å². The molecule has 0 radical (unpaired) electrons. The Labute approximate surface area is 464 Å². The van der Waals surface area contributed by atoms with Gasteiger partial charge in [0.25, 0.3) is 13.4 Å². The van der Waals surface area contributed by atoms with Crippen LogP contribution in [0.1, 0.15) is 61.8 Å². The van der Waals surface area contributed by atoms with Crippen LogP contribution in [0.2, 0.25) is 0 Å². The Hall–Kier alpha value is -7.74.